The third-order valence-electron chi connectivity index (χ3n) is 5.64. The van der Waals surface area contributed by atoms with Crippen LogP contribution in [0.5, 0.6) is 0 Å². The summed E-state index contributed by atoms with van der Waals surface area (Å²) in [6.07, 6.45) is 8.89. The molecule has 4 rings (SSSR count). The van der Waals surface area contributed by atoms with Crippen molar-refractivity contribution >= 4 is 34.9 Å². The molecule has 3 N–H and O–H groups in total. The number of carbonyl (C=O) groups excluding carboxylic acids is 2. The van der Waals surface area contributed by atoms with Crippen molar-refractivity contribution in [2.75, 3.05) is 18.4 Å². The van der Waals surface area contributed by atoms with Gasteiger partial charge in [-0.15, -0.1) is 0 Å². The Kier molecular flexibility index (Phi) is 7.32. The molecule has 2 heterocycles. The first-order valence-electron chi connectivity index (χ1n) is 10.7. The van der Waals surface area contributed by atoms with Gasteiger partial charge in [0.15, 0.2) is 0 Å². The third-order valence-corrected chi connectivity index (χ3v) is 6.46. The lowest BCUT2D eigenvalue weighted by Crippen LogP contribution is -2.32. The number of hydrogen-bond acceptors (Lipinski definition) is 7. The molecular formula is C23H27N5O2S. The Morgan fingerprint density at radius 3 is 2.65 bits per heavy atom. The number of nitrogens with one attached hydrogen (secondary N) is 3. The molecule has 1 aromatic heterocycles. The number of hydrogen-bond donors (Lipinski definition) is 3. The van der Waals surface area contributed by atoms with E-state index in [0.29, 0.717) is 28.5 Å². The fraction of sp³-hybridized carbons (Fsp3) is 0.391. The minimum absolute atomic E-state index is 0.352. The molecule has 2 aromatic rings. The summed E-state index contributed by atoms with van der Waals surface area (Å²) in [5.74, 6) is 0.897. The van der Waals surface area contributed by atoms with Crippen LogP contribution >= 0.6 is 11.8 Å². The fourth-order valence-electron chi connectivity index (χ4n) is 3.96. The molecule has 162 valence electrons. The fourth-order valence-corrected chi connectivity index (χ4v) is 4.62. The second-order valence-electron chi connectivity index (χ2n) is 7.96. The van der Waals surface area contributed by atoms with Gasteiger partial charge in [0, 0.05) is 12.2 Å². The Bertz CT molecular complexity index is 942. The second kappa shape index (κ2) is 10.5. The number of carbonyl (C=O) groups is 2. The van der Waals surface area contributed by atoms with Crippen LogP contribution in [0, 0.1) is 5.92 Å². The van der Waals surface area contributed by atoms with Crippen LogP contribution in [0.1, 0.15) is 36.9 Å². The van der Waals surface area contributed by atoms with Crippen LogP contribution in [0.2, 0.25) is 0 Å². The van der Waals surface area contributed by atoms with Crippen LogP contribution in [0.3, 0.4) is 0 Å². The number of benzene rings is 1. The summed E-state index contributed by atoms with van der Waals surface area (Å²) in [4.78, 5) is 32.2. The maximum absolute atomic E-state index is 11.7. The molecule has 7 nitrogen and oxygen atoms in total. The van der Waals surface area contributed by atoms with E-state index in [4.69, 9.17) is 0 Å². The Morgan fingerprint density at radius 1 is 1.10 bits per heavy atom. The molecule has 0 atom stereocenters. The number of anilines is 1. The highest BCUT2D eigenvalue weighted by Crippen LogP contribution is 2.27. The molecule has 1 aliphatic carbocycles. The van der Waals surface area contributed by atoms with E-state index < -0.39 is 0 Å². The Balaban J connectivity index is 1.20. The average molecular weight is 438 g/mol. The molecule has 0 unspecified atom stereocenters. The Morgan fingerprint density at radius 2 is 1.90 bits per heavy atom. The molecule has 1 aromatic carbocycles. The zero-order chi connectivity index (χ0) is 21.5. The molecule has 0 radical (unpaired) electrons. The maximum Gasteiger partial charge on any atom is 0.290 e. The van der Waals surface area contributed by atoms with Gasteiger partial charge in [-0.25, -0.2) is 9.97 Å². The first-order chi connectivity index (χ1) is 15.2. The molecule has 31 heavy (non-hydrogen) atoms. The highest BCUT2D eigenvalue weighted by Gasteiger charge is 2.25. The van der Waals surface area contributed by atoms with Gasteiger partial charge in [-0.05, 0) is 80.6 Å². The van der Waals surface area contributed by atoms with Crippen LogP contribution in [-0.4, -0.2) is 40.2 Å². The average Bonchev–Trinajstić information content (AvgIpc) is 3.10. The van der Waals surface area contributed by atoms with Crippen LogP contribution in [0.4, 0.5) is 10.7 Å². The molecule has 1 saturated heterocycles. The van der Waals surface area contributed by atoms with Crippen molar-refractivity contribution in [1.82, 2.24) is 20.6 Å². The van der Waals surface area contributed by atoms with Gasteiger partial charge in [0.2, 0.25) is 5.95 Å². The lowest BCUT2D eigenvalue weighted by atomic mass is 9.86. The van der Waals surface area contributed by atoms with E-state index in [0.717, 1.165) is 44.1 Å². The quantitative estimate of drug-likeness (QED) is 0.429. The molecule has 1 aliphatic heterocycles. The standard InChI is InChI=1S/C23H27N5O2S/c29-21-20(31-23(30)28-21)14-19-11-13-25-22(27-19)26-18-8-6-17(7-9-18)15-24-12-10-16-4-2-1-3-5-16/h1-5,11,13-14,17-18,24H,6-10,12,15H2,(H,25,26,27)(H,28,29,30)/b20-14-/t17-,18+. The smallest absolute Gasteiger partial charge is 0.290 e. The molecule has 2 aliphatic rings. The van der Waals surface area contributed by atoms with Crippen LogP contribution < -0.4 is 16.0 Å². The van der Waals surface area contributed by atoms with E-state index in [-0.39, 0.29) is 11.1 Å². The van der Waals surface area contributed by atoms with Crippen molar-refractivity contribution in [1.29, 1.82) is 0 Å². The maximum atomic E-state index is 11.7. The number of aromatic nitrogens is 2. The van der Waals surface area contributed by atoms with E-state index >= 15 is 0 Å². The monoisotopic (exact) mass is 437 g/mol. The minimum Gasteiger partial charge on any atom is -0.351 e. The van der Waals surface area contributed by atoms with E-state index in [2.05, 4.69) is 56.3 Å². The van der Waals surface area contributed by atoms with Crippen LogP contribution in [-0.2, 0) is 11.2 Å². The lowest BCUT2D eigenvalue weighted by molar-refractivity contribution is -0.115. The highest BCUT2D eigenvalue weighted by molar-refractivity contribution is 8.18. The molecule has 2 amide bonds. The minimum atomic E-state index is -0.376. The molecule has 0 bridgehead atoms. The van der Waals surface area contributed by atoms with E-state index in [9.17, 15) is 9.59 Å². The van der Waals surface area contributed by atoms with Crippen molar-refractivity contribution in [2.24, 2.45) is 5.92 Å². The summed E-state index contributed by atoms with van der Waals surface area (Å²) in [5.41, 5.74) is 1.99. The largest absolute Gasteiger partial charge is 0.351 e. The first-order valence-corrected chi connectivity index (χ1v) is 11.6. The van der Waals surface area contributed by atoms with Gasteiger partial charge in [-0.3, -0.25) is 14.9 Å². The zero-order valence-electron chi connectivity index (χ0n) is 17.3. The molecule has 2 fully saturated rings. The van der Waals surface area contributed by atoms with Gasteiger partial charge >= 0.3 is 0 Å². The summed E-state index contributed by atoms with van der Waals surface area (Å²) in [7, 11) is 0. The van der Waals surface area contributed by atoms with Crippen molar-refractivity contribution in [3.8, 4) is 0 Å². The molecule has 1 saturated carbocycles. The van der Waals surface area contributed by atoms with Crippen LogP contribution in [0.25, 0.3) is 6.08 Å². The second-order valence-corrected chi connectivity index (χ2v) is 8.97. The van der Waals surface area contributed by atoms with Gasteiger partial charge in [-0.2, -0.15) is 0 Å². The van der Waals surface area contributed by atoms with Gasteiger partial charge < -0.3 is 10.6 Å². The highest BCUT2D eigenvalue weighted by atomic mass is 32.2. The number of imide groups is 1. The Labute approximate surface area is 186 Å². The van der Waals surface area contributed by atoms with Gasteiger partial charge in [0.25, 0.3) is 11.1 Å². The number of thioether (sulfide) groups is 1. The van der Waals surface area contributed by atoms with Crippen LogP contribution in [0.15, 0.2) is 47.5 Å². The van der Waals surface area contributed by atoms with E-state index in [1.54, 1.807) is 18.3 Å². The molecular weight excluding hydrogens is 410 g/mol. The van der Waals surface area contributed by atoms with Gasteiger partial charge in [0.05, 0.1) is 10.6 Å². The lowest BCUT2D eigenvalue weighted by Gasteiger charge is -2.29. The number of nitrogens with zero attached hydrogens (tertiary/aromatic N) is 2. The topological polar surface area (TPSA) is 96.0 Å². The normalized spacial score (nSPS) is 22.5. The summed E-state index contributed by atoms with van der Waals surface area (Å²) in [6, 6.07) is 12.7. The van der Waals surface area contributed by atoms with Gasteiger partial charge in [-0.1, -0.05) is 30.3 Å². The number of rotatable bonds is 8. The first kappa shape index (κ1) is 21.5. The SMILES string of the molecule is O=C1NC(=O)/C(=C/c2ccnc(N[C@H]3CC[C@@H](CNCCc4ccccc4)CC3)n2)S1. The molecule has 0 spiro atoms. The number of amides is 2. The predicted molar refractivity (Wildman–Crippen MR) is 124 cm³/mol. The Hall–Kier alpha value is -2.71. The van der Waals surface area contributed by atoms with Crippen molar-refractivity contribution < 1.29 is 9.59 Å². The summed E-state index contributed by atoms with van der Waals surface area (Å²) < 4.78 is 0. The van der Waals surface area contributed by atoms with Crippen molar-refractivity contribution in [3.63, 3.8) is 0 Å². The van der Waals surface area contributed by atoms with Crippen molar-refractivity contribution in [3.05, 3.63) is 58.8 Å². The van der Waals surface area contributed by atoms with E-state index in [1.807, 2.05) is 0 Å². The zero-order valence-corrected chi connectivity index (χ0v) is 18.2. The summed E-state index contributed by atoms with van der Waals surface area (Å²) in [5, 5.41) is 8.93. The predicted octanol–water partition coefficient (Wildman–Crippen LogP) is 3.60. The van der Waals surface area contributed by atoms with Gasteiger partial charge in [0.1, 0.15) is 0 Å². The van der Waals surface area contributed by atoms with E-state index in [1.165, 1.54) is 18.4 Å². The third kappa shape index (κ3) is 6.38. The summed E-state index contributed by atoms with van der Waals surface area (Å²) in [6.45, 7) is 2.08. The molecule has 8 heteroatoms. The van der Waals surface area contributed by atoms with Crippen molar-refractivity contribution in [2.45, 2.75) is 38.1 Å². The summed E-state index contributed by atoms with van der Waals surface area (Å²) >= 11 is 0.892.